The number of halogens is 3. The Balaban J connectivity index is -0.000000213. The molecule has 1 aromatic carbocycles. The quantitative estimate of drug-likeness (QED) is 0.425. The van der Waals surface area contributed by atoms with Gasteiger partial charge in [0.25, 0.3) is 0 Å². The SMILES string of the molecule is Cc1cccc(F)c1.[Br-].[Br-].[Mg+2]. The van der Waals surface area contributed by atoms with Crippen LogP contribution in [-0.2, 0) is 0 Å². The van der Waals surface area contributed by atoms with Gasteiger partial charge in [0.15, 0.2) is 0 Å². The molecular weight excluding hydrogens is 287 g/mol. The van der Waals surface area contributed by atoms with Crippen LogP contribution in [0, 0.1) is 12.7 Å². The average molecular weight is 294 g/mol. The molecule has 1 rings (SSSR count). The van der Waals surface area contributed by atoms with E-state index in [-0.39, 0.29) is 62.8 Å². The van der Waals surface area contributed by atoms with Crippen molar-refractivity contribution in [2.24, 2.45) is 0 Å². The van der Waals surface area contributed by atoms with Crippen LogP contribution < -0.4 is 34.0 Å². The van der Waals surface area contributed by atoms with Crippen molar-refractivity contribution >= 4 is 23.1 Å². The minimum absolute atomic E-state index is 0. The molecule has 0 radical (unpaired) electrons. The van der Waals surface area contributed by atoms with Gasteiger partial charge in [-0.15, -0.1) is 0 Å². The van der Waals surface area contributed by atoms with Crippen LogP contribution in [0.5, 0.6) is 0 Å². The molecule has 0 unspecified atom stereocenters. The maximum atomic E-state index is 12.2. The van der Waals surface area contributed by atoms with Gasteiger partial charge in [0.2, 0.25) is 0 Å². The molecule has 0 amide bonds. The van der Waals surface area contributed by atoms with Gasteiger partial charge < -0.3 is 34.0 Å². The van der Waals surface area contributed by atoms with Crippen molar-refractivity contribution in [2.75, 3.05) is 0 Å². The number of rotatable bonds is 0. The number of aryl methyl sites for hydroxylation is 1. The summed E-state index contributed by atoms with van der Waals surface area (Å²) in [6.07, 6.45) is 0. The molecule has 0 bridgehead atoms. The van der Waals surface area contributed by atoms with E-state index in [1.54, 1.807) is 6.07 Å². The van der Waals surface area contributed by atoms with Crippen LogP contribution >= 0.6 is 0 Å². The van der Waals surface area contributed by atoms with Crippen LogP contribution in [0.3, 0.4) is 0 Å². The summed E-state index contributed by atoms with van der Waals surface area (Å²) in [5.41, 5.74) is 0.963. The summed E-state index contributed by atoms with van der Waals surface area (Å²) in [5.74, 6) is -0.162. The van der Waals surface area contributed by atoms with E-state index >= 15 is 0 Å². The molecule has 4 heteroatoms. The fraction of sp³-hybridized carbons (Fsp3) is 0.143. The van der Waals surface area contributed by atoms with E-state index < -0.39 is 0 Å². The molecule has 11 heavy (non-hydrogen) atoms. The fourth-order valence-electron chi connectivity index (χ4n) is 0.606. The third-order valence-electron chi connectivity index (χ3n) is 0.980. The monoisotopic (exact) mass is 292 g/mol. The molecule has 0 atom stereocenters. The summed E-state index contributed by atoms with van der Waals surface area (Å²) in [4.78, 5) is 0. The van der Waals surface area contributed by atoms with E-state index in [2.05, 4.69) is 0 Å². The van der Waals surface area contributed by atoms with E-state index in [4.69, 9.17) is 0 Å². The van der Waals surface area contributed by atoms with E-state index in [0.29, 0.717) is 0 Å². The van der Waals surface area contributed by atoms with Crippen molar-refractivity contribution in [3.05, 3.63) is 35.6 Å². The van der Waals surface area contributed by atoms with Crippen molar-refractivity contribution in [1.82, 2.24) is 0 Å². The topological polar surface area (TPSA) is 0 Å². The van der Waals surface area contributed by atoms with Gasteiger partial charge in [-0.3, -0.25) is 0 Å². The van der Waals surface area contributed by atoms with Gasteiger partial charge in [0.05, 0.1) is 0 Å². The summed E-state index contributed by atoms with van der Waals surface area (Å²) < 4.78 is 12.2. The first-order chi connectivity index (χ1) is 3.79. The molecule has 0 saturated carbocycles. The summed E-state index contributed by atoms with van der Waals surface area (Å²) in [6, 6.07) is 6.50. The van der Waals surface area contributed by atoms with Crippen LogP contribution in [0.1, 0.15) is 5.56 Å². The molecule has 0 nitrogen and oxygen atoms in total. The Morgan fingerprint density at radius 1 is 1.18 bits per heavy atom. The zero-order valence-electron chi connectivity index (χ0n) is 6.15. The summed E-state index contributed by atoms with van der Waals surface area (Å²) in [6.45, 7) is 1.86. The van der Waals surface area contributed by atoms with E-state index in [1.807, 2.05) is 13.0 Å². The zero-order chi connectivity index (χ0) is 5.98. The van der Waals surface area contributed by atoms with Crippen molar-refractivity contribution in [3.8, 4) is 0 Å². The van der Waals surface area contributed by atoms with Crippen LogP contribution in [0.4, 0.5) is 4.39 Å². The van der Waals surface area contributed by atoms with E-state index in [0.717, 1.165) is 5.56 Å². The molecule has 58 valence electrons. The van der Waals surface area contributed by atoms with Crippen molar-refractivity contribution < 1.29 is 38.4 Å². The second kappa shape index (κ2) is 8.97. The summed E-state index contributed by atoms with van der Waals surface area (Å²) in [7, 11) is 0. The molecule has 0 aromatic heterocycles. The Labute approximate surface area is 103 Å². The first-order valence-corrected chi connectivity index (χ1v) is 2.51. The number of hydrogen-bond donors (Lipinski definition) is 0. The molecule has 0 aliphatic carbocycles. The van der Waals surface area contributed by atoms with Gasteiger partial charge in [-0.2, -0.15) is 0 Å². The Morgan fingerprint density at radius 3 is 2.00 bits per heavy atom. The molecule has 0 aliphatic rings. The first kappa shape index (κ1) is 17.8. The Kier molecular flexibility index (Phi) is 14.5. The maximum Gasteiger partial charge on any atom is 2.00 e. The van der Waals surface area contributed by atoms with Gasteiger partial charge in [-0.1, -0.05) is 12.1 Å². The fourth-order valence-corrected chi connectivity index (χ4v) is 0.606. The normalized spacial score (nSPS) is 6.73. The molecule has 0 saturated heterocycles. The largest absolute Gasteiger partial charge is 2.00 e. The maximum absolute atomic E-state index is 12.2. The van der Waals surface area contributed by atoms with Crippen LogP contribution in [0.25, 0.3) is 0 Å². The third-order valence-corrected chi connectivity index (χ3v) is 0.980. The summed E-state index contributed by atoms with van der Waals surface area (Å²) >= 11 is 0. The zero-order valence-corrected chi connectivity index (χ0v) is 10.7. The number of hydrogen-bond acceptors (Lipinski definition) is 0. The Hall–Kier alpha value is 0.876. The van der Waals surface area contributed by atoms with Crippen molar-refractivity contribution in [1.29, 1.82) is 0 Å². The molecule has 0 spiro atoms. The molecular formula is C7H7Br2FMg. The van der Waals surface area contributed by atoms with E-state index in [9.17, 15) is 4.39 Å². The summed E-state index contributed by atoms with van der Waals surface area (Å²) in [5, 5.41) is 0. The third kappa shape index (κ3) is 7.24. The van der Waals surface area contributed by atoms with Crippen molar-refractivity contribution in [3.63, 3.8) is 0 Å². The first-order valence-electron chi connectivity index (χ1n) is 2.51. The Bertz CT molecular complexity index is 176. The van der Waals surface area contributed by atoms with Crippen LogP contribution in [0.15, 0.2) is 24.3 Å². The van der Waals surface area contributed by atoms with Gasteiger partial charge in [-0.25, -0.2) is 4.39 Å². The van der Waals surface area contributed by atoms with Crippen LogP contribution in [0.2, 0.25) is 0 Å². The minimum Gasteiger partial charge on any atom is -1.00 e. The van der Waals surface area contributed by atoms with Gasteiger partial charge in [-0.05, 0) is 24.6 Å². The standard InChI is InChI=1S/C7H7F.2BrH.Mg/c1-6-3-2-4-7(8)5-6;;;/h2-5H,1H3;2*1H;/q;;;+2/p-2. The molecule has 1 aromatic rings. The van der Waals surface area contributed by atoms with Crippen molar-refractivity contribution in [2.45, 2.75) is 6.92 Å². The second-order valence-corrected chi connectivity index (χ2v) is 1.80. The van der Waals surface area contributed by atoms with Gasteiger partial charge in [0.1, 0.15) is 5.82 Å². The van der Waals surface area contributed by atoms with Gasteiger partial charge >= 0.3 is 23.1 Å². The molecule has 0 heterocycles. The smallest absolute Gasteiger partial charge is 1.00 e. The predicted octanol–water partition coefficient (Wildman–Crippen LogP) is -4.24. The molecule has 0 aliphatic heterocycles. The minimum atomic E-state index is -0.162. The van der Waals surface area contributed by atoms with Gasteiger partial charge in [0, 0.05) is 0 Å². The predicted molar refractivity (Wildman–Crippen MR) is 36.9 cm³/mol. The molecule has 0 fully saturated rings. The number of benzene rings is 1. The van der Waals surface area contributed by atoms with Crippen LogP contribution in [-0.4, -0.2) is 23.1 Å². The Morgan fingerprint density at radius 2 is 1.73 bits per heavy atom. The average Bonchev–Trinajstić information content (AvgIpc) is 1.64. The molecule has 0 N–H and O–H groups in total. The second-order valence-electron chi connectivity index (χ2n) is 1.80. The van der Waals surface area contributed by atoms with E-state index in [1.165, 1.54) is 12.1 Å².